The molecule has 1 unspecified atom stereocenters. The van der Waals surface area contributed by atoms with Crippen LogP contribution in [0.1, 0.15) is 26.8 Å². The molecule has 2 aromatic carbocycles. The second kappa shape index (κ2) is 9.62. The molecule has 0 aliphatic rings. The molecule has 0 saturated carbocycles. The molecule has 1 heterocycles. The highest BCUT2D eigenvalue weighted by Gasteiger charge is 2.14. The van der Waals surface area contributed by atoms with Gasteiger partial charge in [0, 0.05) is 6.54 Å². The molecule has 27 heavy (non-hydrogen) atoms. The van der Waals surface area contributed by atoms with Crippen LogP contribution in [-0.4, -0.2) is 27.0 Å². The summed E-state index contributed by atoms with van der Waals surface area (Å²) < 4.78 is 9.60. The van der Waals surface area contributed by atoms with Crippen molar-refractivity contribution in [2.45, 2.75) is 45.9 Å². The first-order chi connectivity index (χ1) is 12.6. The van der Waals surface area contributed by atoms with E-state index in [1.54, 1.807) is 0 Å². The number of nitrogens with zero attached hydrogens (tertiary/aromatic N) is 2. The molecule has 0 radical (unpaired) electrons. The van der Waals surface area contributed by atoms with Gasteiger partial charge in [0.15, 0.2) is 0 Å². The zero-order valence-electron chi connectivity index (χ0n) is 16.9. The normalized spacial score (nSPS) is 12.0. The summed E-state index contributed by atoms with van der Waals surface area (Å²) in [6.07, 6.45) is 1.43. The van der Waals surface area contributed by atoms with Gasteiger partial charge in [0.05, 0.1) is 17.6 Å². The maximum absolute atomic E-state index is 10.5. The molecule has 0 spiro atoms. The van der Waals surface area contributed by atoms with E-state index in [-0.39, 0.29) is 20.4 Å². The maximum Gasteiger partial charge on any atom is 1.00 e. The van der Waals surface area contributed by atoms with Crippen molar-refractivity contribution in [3.05, 3.63) is 59.7 Å². The van der Waals surface area contributed by atoms with Crippen LogP contribution in [0.5, 0.6) is 5.75 Å². The van der Waals surface area contributed by atoms with Gasteiger partial charge in [-0.1, -0.05) is 37.6 Å². The highest BCUT2D eigenvalue weighted by molar-refractivity contribution is 5.75. The second-order valence-corrected chi connectivity index (χ2v) is 6.71. The van der Waals surface area contributed by atoms with Crippen LogP contribution in [0.4, 0.5) is 0 Å². The van der Waals surface area contributed by atoms with Gasteiger partial charge >= 0.3 is 1.43 Å². The van der Waals surface area contributed by atoms with Crippen molar-refractivity contribution in [1.82, 2.24) is 9.13 Å². The zero-order valence-corrected chi connectivity index (χ0v) is 16.6. The van der Waals surface area contributed by atoms with Crippen LogP contribution in [0.25, 0.3) is 11.0 Å². The quantitative estimate of drug-likeness (QED) is 0.592. The van der Waals surface area contributed by atoms with E-state index in [2.05, 4.69) is 6.92 Å². The maximum atomic E-state index is 10.5. The van der Waals surface area contributed by atoms with Gasteiger partial charge in [0.1, 0.15) is 18.5 Å². The van der Waals surface area contributed by atoms with Crippen molar-refractivity contribution in [3.63, 3.8) is 0 Å². The number of ether oxygens (including phenoxy) is 1. The van der Waals surface area contributed by atoms with Crippen LogP contribution in [0.15, 0.2) is 48.5 Å². The molecule has 3 aromatic rings. The van der Waals surface area contributed by atoms with Crippen LogP contribution in [0, 0.1) is 12.3 Å². The Hall–Kier alpha value is -2.24. The Balaban J connectivity index is 0.00000196. The number of unbranched alkanes of at least 4 members (excludes halogenated alkanes) is 1. The van der Waals surface area contributed by atoms with Crippen LogP contribution >= 0.6 is 0 Å². The van der Waals surface area contributed by atoms with Crippen molar-refractivity contribution in [2.75, 3.05) is 6.61 Å². The van der Waals surface area contributed by atoms with Crippen molar-refractivity contribution >= 4 is 11.0 Å². The third-order valence-electron chi connectivity index (χ3n) is 4.54. The molecule has 1 atom stereocenters. The Kier molecular flexibility index (Phi) is 7.51. The third kappa shape index (κ3) is 4.93. The summed E-state index contributed by atoms with van der Waals surface area (Å²) >= 11 is 0. The van der Waals surface area contributed by atoms with Crippen molar-refractivity contribution in [3.8, 4) is 5.75 Å². The number of hydrogen-bond acceptors (Lipinski definition) is 3. The van der Waals surface area contributed by atoms with Gasteiger partial charge in [-0.15, -0.1) is 0 Å². The number of aliphatic hydroxyl groups excluding tert-OH is 1. The largest absolute Gasteiger partial charge is 1.00 e. The second-order valence-electron chi connectivity index (χ2n) is 6.71. The van der Waals surface area contributed by atoms with Gasteiger partial charge in [-0.05, 0) is 43.2 Å². The first kappa shape index (κ1) is 21.1. The van der Waals surface area contributed by atoms with E-state index in [1.165, 1.54) is 0 Å². The molecule has 0 amide bonds. The summed E-state index contributed by atoms with van der Waals surface area (Å²) in [5.41, 5.74) is 3.56. The lowest BCUT2D eigenvalue weighted by Crippen LogP contribution is -3.00. The lowest BCUT2D eigenvalue weighted by molar-refractivity contribution is -0.00000769. The molecule has 0 bridgehead atoms. The predicted octanol–water partition coefficient (Wildman–Crippen LogP) is 0.587. The minimum Gasteiger partial charge on any atom is -1.00 e. The minimum atomic E-state index is -0.685. The molecule has 0 aliphatic carbocycles. The molecular formula is C21H28ClN3O2. The molecular weight excluding hydrogens is 362 g/mol. The van der Waals surface area contributed by atoms with Gasteiger partial charge < -0.3 is 31.4 Å². The lowest BCUT2D eigenvalue weighted by atomic mass is 10.2. The molecule has 0 aliphatic heterocycles. The molecule has 0 fully saturated rings. The number of aryl methyl sites for hydroxylation is 2. The number of rotatable bonds is 8. The SMILES string of the molecule is CCCCn1c(=N)n(CC(O)COc2cccc(C)c2)c2ccccc21.[Cl-].[H+]. The molecule has 146 valence electrons. The first-order valence-electron chi connectivity index (χ1n) is 9.20. The fourth-order valence-corrected chi connectivity index (χ4v) is 3.18. The van der Waals surface area contributed by atoms with E-state index in [0.29, 0.717) is 12.2 Å². The molecule has 6 heteroatoms. The topological polar surface area (TPSA) is 63.2 Å². The Bertz CT molecular complexity index is 939. The van der Waals surface area contributed by atoms with Crippen LogP contribution in [0.3, 0.4) is 0 Å². The average molecular weight is 390 g/mol. The van der Waals surface area contributed by atoms with Gasteiger partial charge in [-0.2, -0.15) is 0 Å². The number of fused-ring (bicyclic) bond motifs is 1. The van der Waals surface area contributed by atoms with E-state index in [9.17, 15) is 5.11 Å². The predicted molar refractivity (Wildman–Crippen MR) is 104 cm³/mol. The van der Waals surface area contributed by atoms with Gasteiger partial charge in [-0.3, -0.25) is 5.41 Å². The third-order valence-corrected chi connectivity index (χ3v) is 4.54. The fourth-order valence-electron chi connectivity index (χ4n) is 3.18. The smallest absolute Gasteiger partial charge is 1.00 e. The van der Waals surface area contributed by atoms with Crippen molar-refractivity contribution in [2.24, 2.45) is 0 Å². The molecule has 5 nitrogen and oxygen atoms in total. The van der Waals surface area contributed by atoms with Crippen molar-refractivity contribution in [1.29, 1.82) is 5.41 Å². The number of aliphatic hydroxyl groups is 1. The Labute approximate surface area is 167 Å². The van der Waals surface area contributed by atoms with E-state index in [4.69, 9.17) is 10.1 Å². The molecule has 3 rings (SSSR count). The number of hydrogen-bond donors (Lipinski definition) is 2. The van der Waals surface area contributed by atoms with Crippen LogP contribution < -0.4 is 22.8 Å². The minimum absolute atomic E-state index is 0. The highest BCUT2D eigenvalue weighted by Crippen LogP contribution is 2.15. The number of para-hydroxylation sites is 2. The lowest BCUT2D eigenvalue weighted by Gasteiger charge is -2.14. The van der Waals surface area contributed by atoms with Gasteiger partial charge in [0.25, 0.3) is 0 Å². The summed E-state index contributed by atoms with van der Waals surface area (Å²) in [4.78, 5) is 0. The van der Waals surface area contributed by atoms with Crippen molar-refractivity contribution < 1.29 is 23.7 Å². The summed E-state index contributed by atoms with van der Waals surface area (Å²) in [6, 6.07) is 15.8. The van der Waals surface area contributed by atoms with E-state index in [1.807, 2.05) is 64.6 Å². The standard InChI is InChI=1S/C21H27N3O2.ClH/c1-3-4-12-23-19-10-5-6-11-20(19)24(21(23)22)14-17(25)15-26-18-9-7-8-16(2)13-18;/h5-11,13,17,22,25H,3-4,12,14-15H2,1-2H3;1H. The number of nitrogens with one attached hydrogen (secondary N) is 1. The average Bonchev–Trinajstić information content (AvgIpc) is 2.90. The number of imidazole rings is 1. The van der Waals surface area contributed by atoms with Gasteiger partial charge in [-0.25, -0.2) is 0 Å². The Morgan fingerprint density at radius 1 is 1.11 bits per heavy atom. The number of halogens is 1. The first-order valence-corrected chi connectivity index (χ1v) is 9.20. The summed E-state index contributed by atoms with van der Waals surface area (Å²) in [5, 5.41) is 19.0. The van der Waals surface area contributed by atoms with E-state index in [0.717, 1.165) is 41.7 Å². The van der Waals surface area contributed by atoms with E-state index < -0.39 is 6.10 Å². The molecule has 0 saturated heterocycles. The fraction of sp³-hybridized carbons (Fsp3) is 0.381. The Morgan fingerprint density at radius 2 is 1.81 bits per heavy atom. The Morgan fingerprint density at radius 3 is 2.48 bits per heavy atom. The van der Waals surface area contributed by atoms with Crippen LogP contribution in [0.2, 0.25) is 0 Å². The molecule has 2 N–H and O–H groups in total. The summed E-state index contributed by atoms with van der Waals surface area (Å²) in [7, 11) is 0. The summed E-state index contributed by atoms with van der Waals surface area (Å²) in [6.45, 7) is 5.51. The van der Waals surface area contributed by atoms with Crippen LogP contribution in [-0.2, 0) is 13.1 Å². The number of benzene rings is 2. The monoisotopic (exact) mass is 389 g/mol. The van der Waals surface area contributed by atoms with Gasteiger partial charge in [0.2, 0.25) is 5.62 Å². The summed E-state index contributed by atoms with van der Waals surface area (Å²) in [5.74, 6) is 0.755. The van der Waals surface area contributed by atoms with E-state index >= 15 is 0 Å². The molecule has 1 aromatic heterocycles. The highest BCUT2D eigenvalue weighted by atomic mass is 35.5. The number of aromatic nitrogens is 2. The zero-order chi connectivity index (χ0) is 18.5.